The van der Waals surface area contributed by atoms with Crippen LogP contribution < -0.4 is 5.73 Å². The minimum absolute atomic E-state index is 0.428. The minimum Gasteiger partial charge on any atom is -0.375 e. The van der Waals surface area contributed by atoms with Crippen molar-refractivity contribution in [2.45, 2.75) is 84.3 Å². The zero-order chi connectivity index (χ0) is 13.9. The largest absolute Gasteiger partial charge is 0.375 e. The first-order valence-electron chi connectivity index (χ1n) is 8.42. The Morgan fingerprint density at radius 2 is 1.79 bits per heavy atom. The van der Waals surface area contributed by atoms with Crippen LogP contribution in [0.1, 0.15) is 72.1 Å². The van der Waals surface area contributed by atoms with E-state index >= 15 is 0 Å². The van der Waals surface area contributed by atoms with E-state index in [0.29, 0.717) is 23.5 Å². The van der Waals surface area contributed by atoms with E-state index < -0.39 is 0 Å². The lowest BCUT2D eigenvalue weighted by molar-refractivity contribution is -0.0794. The van der Waals surface area contributed by atoms with Crippen LogP contribution in [0.2, 0.25) is 0 Å². The Labute approximate surface area is 119 Å². The van der Waals surface area contributed by atoms with Crippen LogP contribution in [0.25, 0.3) is 0 Å². The molecule has 112 valence electrons. The van der Waals surface area contributed by atoms with Crippen molar-refractivity contribution in [2.24, 2.45) is 23.0 Å². The highest BCUT2D eigenvalue weighted by atomic mass is 16.5. The quantitative estimate of drug-likeness (QED) is 0.813. The Balaban J connectivity index is 1.96. The lowest BCUT2D eigenvalue weighted by Crippen LogP contribution is -2.41. The third kappa shape index (κ3) is 3.72. The van der Waals surface area contributed by atoms with E-state index in [1.54, 1.807) is 0 Å². The maximum atomic E-state index is 6.45. The number of ether oxygens (including phenoxy) is 1. The first-order chi connectivity index (χ1) is 9.06. The predicted molar refractivity (Wildman–Crippen MR) is 81.1 cm³/mol. The lowest BCUT2D eigenvalue weighted by Gasteiger charge is -2.43. The molecule has 2 N–H and O–H groups in total. The molecule has 2 heteroatoms. The number of hydrogen-bond acceptors (Lipinski definition) is 2. The molecule has 0 aromatic carbocycles. The van der Waals surface area contributed by atoms with Gasteiger partial charge in [-0.1, -0.05) is 40.0 Å². The van der Waals surface area contributed by atoms with E-state index in [-0.39, 0.29) is 0 Å². The summed E-state index contributed by atoms with van der Waals surface area (Å²) in [6.45, 7) is 7.97. The summed E-state index contributed by atoms with van der Waals surface area (Å²) in [6, 6.07) is 0. The van der Waals surface area contributed by atoms with Gasteiger partial charge in [-0.25, -0.2) is 0 Å². The standard InChI is InChI=1S/C17H33NO/c1-4-17(2,3)14-10-9-13(12-18)16(11-14)19-15-7-5-6-8-15/h13-16H,4-12,18H2,1-3H3. The van der Waals surface area contributed by atoms with Gasteiger partial charge in [0.15, 0.2) is 0 Å². The average Bonchev–Trinajstić information content (AvgIpc) is 2.91. The van der Waals surface area contributed by atoms with E-state index in [0.717, 1.165) is 12.5 Å². The van der Waals surface area contributed by atoms with Gasteiger partial charge in [-0.3, -0.25) is 0 Å². The molecule has 2 saturated carbocycles. The van der Waals surface area contributed by atoms with Crippen molar-refractivity contribution in [2.75, 3.05) is 6.54 Å². The van der Waals surface area contributed by atoms with E-state index in [2.05, 4.69) is 20.8 Å². The fourth-order valence-electron chi connectivity index (χ4n) is 3.90. The molecule has 0 spiro atoms. The van der Waals surface area contributed by atoms with Crippen molar-refractivity contribution in [3.63, 3.8) is 0 Å². The molecule has 2 rings (SSSR count). The molecule has 0 saturated heterocycles. The molecule has 0 aromatic rings. The fourth-order valence-corrected chi connectivity index (χ4v) is 3.90. The van der Waals surface area contributed by atoms with Crippen LogP contribution in [0.3, 0.4) is 0 Å². The first-order valence-corrected chi connectivity index (χ1v) is 8.42. The molecule has 0 aromatic heterocycles. The first kappa shape index (κ1) is 15.3. The van der Waals surface area contributed by atoms with Crippen LogP contribution in [-0.4, -0.2) is 18.8 Å². The fraction of sp³-hybridized carbons (Fsp3) is 1.00. The van der Waals surface area contributed by atoms with Gasteiger partial charge in [-0.2, -0.15) is 0 Å². The van der Waals surface area contributed by atoms with Gasteiger partial charge in [0.25, 0.3) is 0 Å². The highest BCUT2D eigenvalue weighted by Gasteiger charge is 2.38. The van der Waals surface area contributed by atoms with Gasteiger partial charge in [-0.15, -0.1) is 0 Å². The van der Waals surface area contributed by atoms with Crippen molar-refractivity contribution in [3.05, 3.63) is 0 Å². The highest BCUT2D eigenvalue weighted by Crippen LogP contribution is 2.43. The summed E-state index contributed by atoms with van der Waals surface area (Å²) in [5.41, 5.74) is 6.43. The summed E-state index contributed by atoms with van der Waals surface area (Å²) in [4.78, 5) is 0. The molecule has 0 aliphatic heterocycles. The molecule has 0 amide bonds. The Bertz CT molecular complexity index is 270. The van der Waals surface area contributed by atoms with Gasteiger partial charge in [-0.05, 0) is 55.9 Å². The molecule has 19 heavy (non-hydrogen) atoms. The van der Waals surface area contributed by atoms with Gasteiger partial charge >= 0.3 is 0 Å². The highest BCUT2D eigenvalue weighted by molar-refractivity contribution is 4.89. The smallest absolute Gasteiger partial charge is 0.0621 e. The Morgan fingerprint density at radius 1 is 1.11 bits per heavy atom. The maximum absolute atomic E-state index is 6.45. The van der Waals surface area contributed by atoms with Crippen LogP contribution >= 0.6 is 0 Å². The maximum Gasteiger partial charge on any atom is 0.0621 e. The second-order valence-corrected chi connectivity index (χ2v) is 7.43. The molecule has 0 bridgehead atoms. The zero-order valence-corrected chi connectivity index (χ0v) is 13.2. The van der Waals surface area contributed by atoms with Crippen molar-refractivity contribution < 1.29 is 4.74 Å². The molecule has 2 aliphatic rings. The van der Waals surface area contributed by atoms with Crippen LogP contribution in [0, 0.1) is 17.3 Å². The summed E-state index contributed by atoms with van der Waals surface area (Å²) < 4.78 is 6.45. The second kappa shape index (κ2) is 6.58. The average molecular weight is 267 g/mol. The topological polar surface area (TPSA) is 35.2 Å². The normalized spacial score (nSPS) is 33.8. The molecular weight excluding hydrogens is 234 g/mol. The molecule has 3 atom stereocenters. The monoisotopic (exact) mass is 267 g/mol. The zero-order valence-electron chi connectivity index (χ0n) is 13.2. The van der Waals surface area contributed by atoms with Gasteiger partial charge < -0.3 is 10.5 Å². The van der Waals surface area contributed by atoms with E-state index in [1.165, 1.54) is 51.4 Å². The van der Waals surface area contributed by atoms with Crippen molar-refractivity contribution in [1.29, 1.82) is 0 Å². The van der Waals surface area contributed by atoms with Gasteiger partial charge in [0.2, 0.25) is 0 Å². The minimum atomic E-state index is 0.428. The van der Waals surface area contributed by atoms with Crippen molar-refractivity contribution in [3.8, 4) is 0 Å². The summed E-state index contributed by atoms with van der Waals surface area (Å²) in [7, 11) is 0. The van der Waals surface area contributed by atoms with Crippen molar-refractivity contribution in [1.82, 2.24) is 0 Å². The summed E-state index contributed by atoms with van der Waals surface area (Å²) >= 11 is 0. The molecule has 2 fully saturated rings. The summed E-state index contributed by atoms with van der Waals surface area (Å²) in [5.74, 6) is 1.41. The Morgan fingerprint density at radius 3 is 2.37 bits per heavy atom. The molecule has 3 unspecified atom stereocenters. The van der Waals surface area contributed by atoms with Crippen LogP contribution in [0.5, 0.6) is 0 Å². The Hall–Kier alpha value is -0.0800. The molecular formula is C17H33NO. The molecule has 0 radical (unpaired) electrons. The predicted octanol–water partition coefficient (Wildman–Crippen LogP) is 4.13. The van der Waals surface area contributed by atoms with Gasteiger partial charge in [0.05, 0.1) is 12.2 Å². The van der Waals surface area contributed by atoms with E-state index in [1.807, 2.05) is 0 Å². The van der Waals surface area contributed by atoms with Crippen LogP contribution in [-0.2, 0) is 4.74 Å². The van der Waals surface area contributed by atoms with Gasteiger partial charge in [0.1, 0.15) is 0 Å². The third-order valence-electron chi connectivity index (χ3n) is 5.92. The van der Waals surface area contributed by atoms with Crippen LogP contribution in [0.15, 0.2) is 0 Å². The lowest BCUT2D eigenvalue weighted by atomic mass is 9.66. The van der Waals surface area contributed by atoms with Crippen molar-refractivity contribution >= 4 is 0 Å². The number of hydrogen-bond donors (Lipinski definition) is 1. The van der Waals surface area contributed by atoms with E-state index in [4.69, 9.17) is 10.5 Å². The van der Waals surface area contributed by atoms with E-state index in [9.17, 15) is 0 Å². The van der Waals surface area contributed by atoms with Crippen LogP contribution in [0.4, 0.5) is 0 Å². The molecule has 0 heterocycles. The third-order valence-corrected chi connectivity index (χ3v) is 5.92. The number of rotatable bonds is 5. The summed E-state index contributed by atoms with van der Waals surface area (Å²) in [6.07, 6.45) is 11.3. The second-order valence-electron chi connectivity index (χ2n) is 7.43. The van der Waals surface area contributed by atoms with Gasteiger partial charge in [0, 0.05) is 0 Å². The summed E-state index contributed by atoms with van der Waals surface area (Å²) in [5, 5.41) is 0. The molecule has 2 aliphatic carbocycles. The SMILES string of the molecule is CCC(C)(C)C1CCC(CN)C(OC2CCCC2)C1. The molecule has 2 nitrogen and oxygen atoms in total. The Kier molecular flexibility index (Phi) is 5.30. The number of nitrogens with two attached hydrogens (primary N) is 1.